The molecule has 0 aliphatic rings. The number of nitrogens with zero attached hydrogens (tertiary/aromatic N) is 1. The van der Waals surface area contributed by atoms with E-state index in [-0.39, 0.29) is 0 Å². The van der Waals surface area contributed by atoms with Gasteiger partial charge in [0.2, 0.25) is 0 Å². The van der Waals surface area contributed by atoms with E-state index in [2.05, 4.69) is 50.9 Å². The van der Waals surface area contributed by atoms with Gasteiger partial charge in [-0.25, -0.2) is 0 Å². The molecule has 0 aromatic heterocycles. The minimum Gasteiger partial charge on any atom is -0.304 e. The molecule has 0 aromatic rings. The molecule has 0 amide bonds. The van der Waals surface area contributed by atoms with Crippen molar-refractivity contribution in [2.75, 3.05) is 19.6 Å². The lowest BCUT2D eigenvalue weighted by atomic mass is 10.4. The molecule has 0 radical (unpaired) electrons. The van der Waals surface area contributed by atoms with Crippen LogP contribution in [-0.4, -0.2) is 32.6 Å². The number of hydrogen-bond acceptors (Lipinski definition) is 1. The van der Waals surface area contributed by atoms with Gasteiger partial charge in [-0.1, -0.05) is 45.1 Å². The summed E-state index contributed by atoms with van der Waals surface area (Å²) in [6.07, 6.45) is 5.93. The lowest BCUT2D eigenvalue weighted by Gasteiger charge is -2.23. The molecule has 0 bridgehead atoms. The van der Waals surface area contributed by atoms with Gasteiger partial charge in [0.25, 0.3) is 0 Å². The van der Waals surface area contributed by atoms with Crippen LogP contribution in [0.5, 0.6) is 0 Å². The van der Waals surface area contributed by atoms with E-state index < -0.39 is 8.07 Å². The minimum absolute atomic E-state index is 0.930. The largest absolute Gasteiger partial charge is 0.304 e. The summed E-state index contributed by atoms with van der Waals surface area (Å²) in [6, 6.07) is 2.82. The van der Waals surface area contributed by atoms with Gasteiger partial charge in [0, 0.05) is 0 Å². The third-order valence-corrected chi connectivity index (χ3v) is 6.18. The average Bonchev–Trinajstić information content (AvgIpc) is 2.22. The maximum Gasteiger partial charge on any atom is 0.0511 e. The highest BCUT2D eigenvalue weighted by molar-refractivity contribution is 6.77. The van der Waals surface area contributed by atoms with Crippen molar-refractivity contribution in [2.24, 2.45) is 0 Å². The highest BCUT2D eigenvalue weighted by Crippen LogP contribution is 2.18. The zero-order valence-corrected chi connectivity index (χ0v) is 12.3. The molecule has 0 atom stereocenters. The first kappa shape index (κ1) is 14.9. The summed E-state index contributed by atoms with van der Waals surface area (Å²) < 4.78 is 0. The third-order valence-electron chi connectivity index (χ3n) is 3.13. The molecule has 0 heterocycles. The van der Waals surface area contributed by atoms with Crippen LogP contribution in [0.25, 0.3) is 0 Å². The van der Waals surface area contributed by atoms with E-state index in [0.717, 1.165) is 0 Å². The van der Waals surface area contributed by atoms with Crippen LogP contribution in [0.15, 0.2) is 12.2 Å². The topological polar surface area (TPSA) is 3.24 Å². The molecule has 0 rings (SSSR count). The lowest BCUT2D eigenvalue weighted by Crippen LogP contribution is -2.28. The molecule has 0 saturated carbocycles. The van der Waals surface area contributed by atoms with Gasteiger partial charge in [0.15, 0.2) is 0 Å². The van der Waals surface area contributed by atoms with Gasteiger partial charge < -0.3 is 4.90 Å². The van der Waals surface area contributed by atoms with E-state index in [0.29, 0.717) is 0 Å². The Hall–Kier alpha value is -0.0831. The fourth-order valence-electron chi connectivity index (χ4n) is 1.86. The highest BCUT2D eigenvalue weighted by atomic mass is 28.3. The van der Waals surface area contributed by atoms with Crippen LogP contribution in [0.2, 0.25) is 25.2 Å². The quantitative estimate of drug-likeness (QED) is 0.447. The molecule has 0 fully saturated rings. The van der Waals surface area contributed by atoms with Crippen molar-refractivity contribution in [1.29, 1.82) is 0 Å². The molecule has 2 heteroatoms. The molecule has 1 nitrogen and oxygen atoms in total. The van der Waals surface area contributed by atoms with Crippen molar-refractivity contribution < 1.29 is 0 Å². The van der Waals surface area contributed by atoms with E-state index in [1.165, 1.54) is 38.1 Å². The molecule has 0 aliphatic carbocycles. The van der Waals surface area contributed by atoms with Crippen molar-refractivity contribution >= 4 is 8.07 Å². The second kappa shape index (κ2) is 8.11. The predicted molar refractivity (Wildman–Crippen MR) is 74.3 cm³/mol. The monoisotopic (exact) mass is 227 g/mol. The van der Waals surface area contributed by atoms with Crippen LogP contribution in [0, 0.1) is 0 Å². The zero-order chi connectivity index (χ0) is 11.7. The number of hydrogen-bond donors (Lipinski definition) is 0. The Morgan fingerprint density at radius 2 is 1.73 bits per heavy atom. The standard InChI is InChI=1S/C13H29NSi/c1-6-9-12-15(4,5)13-10-11-14(7-2)8-3/h6,9H,7-8,10-13H2,1-5H3/b9-6+. The first-order valence-electron chi connectivity index (χ1n) is 6.39. The number of rotatable bonds is 8. The van der Waals surface area contributed by atoms with Crippen molar-refractivity contribution in [2.45, 2.75) is 52.4 Å². The average molecular weight is 227 g/mol. The van der Waals surface area contributed by atoms with Crippen molar-refractivity contribution in [1.82, 2.24) is 4.90 Å². The molecule has 0 aromatic carbocycles. The predicted octanol–water partition coefficient (Wildman–Crippen LogP) is 4.00. The number of allylic oxidation sites excluding steroid dienone is 2. The molecule has 0 N–H and O–H groups in total. The van der Waals surface area contributed by atoms with Crippen LogP contribution in [0.1, 0.15) is 27.2 Å². The summed E-state index contributed by atoms with van der Waals surface area (Å²) in [4.78, 5) is 2.53. The molecular weight excluding hydrogens is 198 g/mol. The Bertz CT molecular complexity index is 171. The van der Waals surface area contributed by atoms with Crippen LogP contribution < -0.4 is 0 Å². The van der Waals surface area contributed by atoms with Crippen LogP contribution in [0.4, 0.5) is 0 Å². The zero-order valence-electron chi connectivity index (χ0n) is 11.3. The smallest absolute Gasteiger partial charge is 0.0511 e. The summed E-state index contributed by atoms with van der Waals surface area (Å²) in [5.74, 6) is 0. The van der Waals surface area contributed by atoms with Crippen molar-refractivity contribution in [3.63, 3.8) is 0 Å². The minimum atomic E-state index is -0.930. The van der Waals surface area contributed by atoms with E-state index in [4.69, 9.17) is 0 Å². The Labute approximate surface area is 97.6 Å². The Morgan fingerprint density at radius 1 is 1.13 bits per heavy atom. The van der Waals surface area contributed by atoms with Crippen LogP contribution in [-0.2, 0) is 0 Å². The summed E-state index contributed by atoms with van der Waals surface area (Å²) in [5, 5.41) is 0. The summed E-state index contributed by atoms with van der Waals surface area (Å²) in [7, 11) is -0.930. The van der Waals surface area contributed by atoms with E-state index >= 15 is 0 Å². The Balaban J connectivity index is 3.73. The molecule has 0 aliphatic heterocycles. The molecule has 0 unspecified atom stereocenters. The van der Waals surface area contributed by atoms with Gasteiger partial charge in [-0.2, -0.15) is 0 Å². The van der Waals surface area contributed by atoms with Gasteiger partial charge in [-0.3, -0.25) is 0 Å². The van der Waals surface area contributed by atoms with E-state index in [9.17, 15) is 0 Å². The molecular formula is C13H29NSi. The lowest BCUT2D eigenvalue weighted by molar-refractivity contribution is 0.304. The van der Waals surface area contributed by atoms with Crippen molar-refractivity contribution in [3.8, 4) is 0 Å². The SMILES string of the molecule is C/C=C/C[Si](C)(C)CCCN(CC)CC. The normalized spacial score (nSPS) is 12.9. The summed E-state index contributed by atoms with van der Waals surface area (Å²) in [6.45, 7) is 15.3. The Kier molecular flexibility index (Phi) is 8.07. The van der Waals surface area contributed by atoms with Crippen molar-refractivity contribution in [3.05, 3.63) is 12.2 Å². The summed E-state index contributed by atoms with van der Waals surface area (Å²) >= 11 is 0. The molecule has 90 valence electrons. The maximum atomic E-state index is 2.53. The fraction of sp³-hybridized carbons (Fsp3) is 0.846. The third kappa shape index (κ3) is 7.80. The molecule has 0 saturated heterocycles. The van der Waals surface area contributed by atoms with Gasteiger partial charge in [0.1, 0.15) is 0 Å². The molecule has 15 heavy (non-hydrogen) atoms. The van der Waals surface area contributed by atoms with E-state index in [1.807, 2.05) is 0 Å². The molecule has 0 spiro atoms. The van der Waals surface area contributed by atoms with Gasteiger partial charge in [-0.05, 0) is 39.0 Å². The maximum absolute atomic E-state index is 2.53. The van der Waals surface area contributed by atoms with Gasteiger partial charge in [0.05, 0.1) is 8.07 Å². The second-order valence-corrected chi connectivity index (χ2v) is 10.3. The van der Waals surface area contributed by atoms with Gasteiger partial charge >= 0.3 is 0 Å². The summed E-state index contributed by atoms with van der Waals surface area (Å²) in [5.41, 5.74) is 0. The first-order chi connectivity index (χ1) is 7.05. The fourth-order valence-corrected chi connectivity index (χ4v) is 4.05. The van der Waals surface area contributed by atoms with E-state index in [1.54, 1.807) is 0 Å². The highest BCUT2D eigenvalue weighted by Gasteiger charge is 2.18. The first-order valence-corrected chi connectivity index (χ1v) is 9.80. The van der Waals surface area contributed by atoms with Gasteiger partial charge in [-0.15, -0.1) is 0 Å². The van der Waals surface area contributed by atoms with Crippen LogP contribution >= 0.6 is 0 Å². The second-order valence-electron chi connectivity index (χ2n) is 5.07. The Morgan fingerprint density at radius 3 is 2.20 bits per heavy atom. The van der Waals surface area contributed by atoms with Crippen LogP contribution in [0.3, 0.4) is 0 Å².